The Balaban J connectivity index is 1.98. The van der Waals surface area contributed by atoms with Crippen LogP contribution in [-0.4, -0.2) is 60.7 Å². The molecule has 7 heteroatoms. The van der Waals surface area contributed by atoms with Crippen LogP contribution < -0.4 is 0 Å². The molecule has 1 aromatic carbocycles. The Kier molecular flexibility index (Phi) is 5.70. The maximum absolute atomic E-state index is 13.5. The minimum Gasteiger partial charge on any atom is -0.340 e. The van der Waals surface area contributed by atoms with Crippen molar-refractivity contribution in [3.63, 3.8) is 0 Å². The maximum Gasteiger partial charge on any atom is 0.244 e. The standard InChI is InChI=1S/C19H28N2O3S2/c1-13-12-14(2)16(4)18(15(13)3)26(23,24)21-7-5-6-17(21)19(22)20-8-10-25-11-9-20/h12,17H,5-11H2,1-4H3. The quantitative estimate of drug-likeness (QED) is 0.788. The van der Waals surface area contributed by atoms with Gasteiger partial charge in [0.15, 0.2) is 0 Å². The fourth-order valence-corrected chi connectivity index (χ4v) is 7.09. The molecule has 0 spiro atoms. The summed E-state index contributed by atoms with van der Waals surface area (Å²) in [6, 6.07) is 1.48. The van der Waals surface area contributed by atoms with Crippen LogP contribution >= 0.6 is 11.8 Å². The number of sulfonamides is 1. The average Bonchev–Trinajstić information content (AvgIpc) is 3.11. The van der Waals surface area contributed by atoms with Crippen molar-refractivity contribution in [3.8, 4) is 0 Å². The first-order chi connectivity index (χ1) is 12.2. The lowest BCUT2D eigenvalue weighted by Crippen LogP contribution is -2.50. The summed E-state index contributed by atoms with van der Waals surface area (Å²) in [6.45, 7) is 9.47. The average molecular weight is 397 g/mol. The lowest BCUT2D eigenvalue weighted by molar-refractivity contribution is -0.134. The van der Waals surface area contributed by atoms with Crippen LogP contribution in [0.1, 0.15) is 35.1 Å². The first kappa shape index (κ1) is 19.7. The number of carbonyl (C=O) groups is 1. The summed E-state index contributed by atoms with van der Waals surface area (Å²) in [5, 5.41) is 0. The van der Waals surface area contributed by atoms with Gasteiger partial charge in [0.2, 0.25) is 15.9 Å². The van der Waals surface area contributed by atoms with E-state index < -0.39 is 16.1 Å². The maximum atomic E-state index is 13.5. The van der Waals surface area contributed by atoms with Crippen molar-refractivity contribution >= 4 is 27.7 Å². The van der Waals surface area contributed by atoms with Gasteiger partial charge in [0.1, 0.15) is 6.04 Å². The normalized spacial score (nSPS) is 22.0. The highest BCUT2D eigenvalue weighted by Gasteiger charge is 2.42. The summed E-state index contributed by atoms with van der Waals surface area (Å²) in [7, 11) is -3.70. The smallest absolute Gasteiger partial charge is 0.244 e. The Morgan fingerprint density at radius 1 is 1.04 bits per heavy atom. The number of benzene rings is 1. The lowest BCUT2D eigenvalue weighted by Gasteiger charge is -2.32. The summed E-state index contributed by atoms with van der Waals surface area (Å²) in [5.41, 5.74) is 3.53. The second-order valence-electron chi connectivity index (χ2n) is 7.30. The fourth-order valence-electron chi connectivity index (χ4n) is 3.95. The first-order valence-electron chi connectivity index (χ1n) is 9.21. The third-order valence-electron chi connectivity index (χ3n) is 5.68. The highest BCUT2D eigenvalue weighted by molar-refractivity contribution is 7.99. The Hall–Kier alpha value is -1.05. The van der Waals surface area contributed by atoms with Gasteiger partial charge in [-0.05, 0) is 62.8 Å². The van der Waals surface area contributed by atoms with Crippen LogP contribution in [0.25, 0.3) is 0 Å². The van der Waals surface area contributed by atoms with Gasteiger partial charge < -0.3 is 4.90 Å². The zero-order valence-corrected chi connectivity index (χ0v) is 17.7. The number of thioether (sulfide) groups is 1. The summed E-state index contributed by atoms with van der Waals surface area (Å²) in [5.74, 6) is 1.84. The Bertz CT molecular complexity index is 788. The van der Waals surface area contributed by atoms with Crippen LogP contribution in [-0.2, 0) is 14.8 Å². The molecule has 26 heavy (non-hydrogen) atoms. The van der Waals surface area contributed by atoms with E-state index >= 15 is 0 Å². The minimum absolute atomic E-state index is 0.0222. The van der Waals surface area contributed by atoms with Crippen LogP contribution in [0, 0.1) is 27.7 Å². The molecule has 3 rings (SSSR count). The number of rotatable bonds is 3. The second-order valence-corrected chi connectivity index (χ2v) is 10.4. The molecule has 0 bridgehead atoms. The van der Waals surface area contributed by atoms with E-state index in [1.54, 1.807) is 0 Å². The van der Waals surface area contributed by atoms with Crippen molar-refractivity contribution < 1.29 is 13.2 Å². The molecule has 2 fully saturated rings. The van der Waals surface area contributed by atoms with Crippen molar-refractivity contribution in [1.82, 2.24) is 9.21 Å². The van der Waals surface area contributed by atoms with Crippen molar-refractivity contribution in [2.75, 3.05) is 31.1 Å². The highest BCUT2D eigenvalue weighted by Crippen LogP contribution is 2.33. The molecule has 1 unspecified atom stereocenters. The topological polar surface area (TPSA) is 57.7 Å². The lowest BCUT2D eigenvalue weighted by atomic mass is 10.0. The largest absolute Gasteiger partial charge is 0.340 e. The van der Waals surface area contributed by atoms with Gasteiger partial charge in [-0.2, -0.15) is 16.1 Å². The summed E-state index contributed by atoms with van der Waals surface area (Å²) in [6.07, 6.45) is 1.35. The molecular weight excluding hydrogens is 368 g/mol. The van der Waals surface area contributed by atoms with Crippen LogP contribution in [0.5, 0.6) is 0 Å². The molecule has 2 heterocycles. The molecule has 1 atom stereocenters. The molecule has 0 radical (unpaired) electrons. The Morgan fingerprint density at radius 2 is 1.62 bits per heavy atom. The number of hydrogen-bond acceptors (Lipinski definition) is 4. The molecule has 2 saturated heterocycles. The number of nitrogens with zero attached hydrogens (tertiary/aromatic N) is 2. The Morgan fingerprint density at radius 3 is 2.19 bits per heavy atom. The molecule has 2 aliphatic rings. The zero-order valence-electron chi connectivity index (χ0n) is 16.0. The Labute approximate surface area is 161 Å². The van der Waals surface area contributed by atoms with Gasteiger partial charge in [0, 0.05) is 31.1 Å². The summed E-state index contributed by atoms with van der Waals surface area (Å²) < 4.78 is 28.5. The number of hydrogen-bond donors (Lipinski definition) is 0. The number of aryl methyl sites for hydroxylation is 2. The molecule has 5 nitrogen and oxygen atoms in total. The van der Waals surface area contributed by atoms with E-state index in [1.807, 2.05) is 50.4 Å². The molecule has 1 amide bonds. The zero-order chi connectivity index (χ0) is 19.1. The van der Waals surface area contributed by atoms with Crippen molar-refractivity contribution in [2.45, 2.75) is 51.5 Å². The van der Waals surface area contributed by atoms with E-state index in [1.165, 1.54) is 4.31 Å². The second kappa shape index (κ2) is 7.52. The SMILES string of the molecule is Cc1cc(C)c(C)c(S(=O)(=O)N2CCCC2C(=O)N2CCSCC2)c1C. The molecule has 0 aromatic heterocycles. The highest BCUT2D eigenvalue weighted by atomic mass is 32.2. The minimum atomic E-state index is -3.70. The van der Waals surface area contributed by atoms with Crippen LogP contribution in [0.3, 0.4) is 0 Å². The van der Waals surface area contributed by atoms with E-state index in [4.69, 9.17) is 0 Å². The van der Waals surface area contributed by atoms with Gasteiger partial charge in [0.05, 0.1) is 4.90 Å². The van der Waals surface area contributed by atoms with Gasteiger partial charge in [-0.1, -0.05) is 6.07 Å². The third kappa shape index (κ3) is 3.41. The molecule has 1 aromatic rings. The van der Waals surface area contributed by atoms with Gasteiger partial charge in [-0.25, -0.2) is 8.42 Å². The summed E-state index contributed by atoms with van der Waals surface area (Å²) >= 11 is 1.84. The predicted molar refractivity (Wildman–Crippen MR) is 106 cm³/mol. The molecule has 0 aliphatic carbocycles. The van der Waals surface area contributed by atoms with Gasteiger partial charge in [0.25, 0.3) is 0 Å². The molecule has 0 saturated carbocycles. The number of amides is 1. The van der Waals surface area contributed by atoms with Crippen LogP contribution in [0.15, 0.2) is 11.0 Å². The van der Waals surface area contributed by atoms with Gasteiger partial charge in [-0.15, -0.1) is 0 Å². The number of carbonyl (C=O) groups excluding carboxylic acids is 1. The van der Waals surface area contributed by atoms with E-state index in [0.29, 0.717) is 17.9 Å². The van der Waals surface area contributed by atoms with E-state index in [0.717, 1.165) is 53.3 Å². The predicted octanol–water partition coefficient (Wildman–Crippen LogP) is 2.65. The van der Waals surface area contributed by atoms with Gasteiger partial charge in [-0.3, -0.25) is 4.79 Å². The third-order valence-corrected chi connectivity index (χ3v) is 8.80. The van der Waals surface area contributed by atoms with E-state index in [-0.39, 0.29) is 5.91 Å². The first-order valence-corrected chi connectivity index (χ1v) is 11.8. The molecule has 144 valence electrons. The fraction of sp³-hybridized carbons (Fsp3) is 0.632. The summed E-state index contributed by atoms with van der Waals surface area (Å²) in [4.78, 5) is 15.2. The molecule has 0 N–H and O–H groups in total. The molecule has 2 aliphatic heterocycles. The van der Waals surface area contributed by atoms with Crippen molar-refractivity contribution in [2.24, 2.45) is 0 Å². The molecular formula is C19H28N2O3S2. The van der Waals surface area contributed by atoms with Crippen LogP contribution in [0.4, 0.5) is 0 Å². The van der Waals surface area contributed by atoms with Crippen molar-refractivity contribution in [1.29, 1.82) is 0 Å². The van der Waals surface area contributed by atoms with Gasteiger partial charge >= 0.3 is 0 Å². The monoisotopic (exact) mass is 396 g/mol. The van der Waals surface area contributed by atoms with E-state index in [2.05, 4.69) is 0 Å². The van der Waals surface area contributed by atoms with Crippen LogP contribution in [0.2, 0.25) is 0 Å². The van der Waals surface area contributed by atoms with E-state index in [9.17, 15) is 13.2 Å². The van der Waals surface area contributed by atoms with Crippen molar-refractivity contribution in [3.05, 3.63) is 28.3 Å².